The second-order valence-corrected chi connectivity index (χ2v) is 5.47. The van der Waals surface area contributed by atoms with E-state index in [1.54, 1.807) is 16.8 Å². The van der Waals surface area contributed by atoms with E-state index < -0.39 is 5.82 Å². The molecule has 1 aromatic heterocycles. The summed E-state index contributed by atoms with van der Waals surface area (Å²) in [4.78, 5) is 18.0. The van der Waals surface area contributed by atoms with Crippen LogP contribution < -0.4 is 11.1 Å². The number of hydrogen-bond donors (Lipinski definition) is 2. The number of aromatic nitrogens is 1. The van der Waals surface area contributed by atoms with Gasteiger partial charge in [0.2, 0.25) is 5.91 Å². The highest BCUT2D eigenvalue weighted by atomic mass is 32.1. The number of benzene rings is 1. The lowest BCUT2D eigenvalue weighted by Gasteiger charge is -2.15. The molecule has 7 heteroatoms. The maximum Gasteiger partial charge on any atom is 0.225 e. The Kier molecular flexibility index (Phi) is 5.24. The lowest BCUT2D eigenvalue weighted by Crippen LogP contribution is -2.24. The maximum absolute atomic E-state index is 13.0. The molecule has 21 heavy (non-hydrogen) atoms. The lowest BCUT2D eigenvalue weighted by molar-refractivity contribution is -0.116. The van der Waals surface area contributed by atoms with Crippen molar-refractivity contribution in [1.29, 1.82) is 0 Å². The summed E-state index contributed by atoms with van der Waals surface area (Å²) < 4.78 is 13.0. The van der Waals surface area contributed by atoms with Crippen LogP contribution in [-0.2, 0) is 11.3 Å². The van der Waals surface area contributed by atoms with E-state index in [1.165, 1.54) is 18.2 Å². The van der Waals surface area contributed by atoms with Gasteiger partial charge in [-0.3, -0.25) is 4.79 Å². The monoisotopic (exact) mass is 308 g/mol. The molecule has 0 fully saturated rings. The Balaban J connectivity index is 1.77. The Morgan fingerprint density at radius 3 is 3.00 bits per heavy atom. The van der Waals surface area contributed by atoms with E-state index in [0.29, 0.717) is 25.2 Å². The molecule has 0 saturated carbocycles. The van der Waals surface area contributed by atoms with Gasteiger partial charge in [-0.2, -0.15) is 0 Å². The van der Waals surface area contributed by atoms with Crippen molar-refractivity contribution in [2.75, 3.05) is 24.6 Å². The molecule has 3 N–H and O–H groups in total. The van der Waals surface area contributed by atoms with Crippen molar-refractivity contribution in [3.05, 3.63) is 40.6 Å². The summed E-state index contributed by atoms with van der Waals surface area (Å²) in [5.74, 6) is -0.623. The van der Waals surface area contributed by atoms with Crippen LogP contribution in [0.3, 0.4) is 0 Å². The second-order valence-electron chi connectivity index (χ2n) is 4.75. The number of hydrogen-bond acceptors (Lipinski definition) is 5. The van der Waals surface area contributed by atoms with Crippen LogP contribution in [0.4, 0.5) is 15.8 Å². The summed E-state index contributed by atoms with van der Waals surface area (Å²) in [6.45, 7) is 1.32. The zero-order valence-corrected chi connectivity index (χ0v) is 12.5. The minimum absolute atomic E-state index is 0.0217. The summed E-state index contributed by atoms with van der Waals surface area (Å²) in [6.07, 6.45) is 0.345. The Morgan fingerprint density at radius 1 is 1.52 bits per heavy atom. The molecule has 0 spiro atoms. The first-order chi connectivity index (χ1) is 10.0. The van der Waals surface area contributed by atoms with Crippen molar-refractivity contribution in [3.63, 3.8) is 0 Å². The number of halogens is 1. The normalized spacial score (nSPS) is 10.8. The van der Waals surface area contributed by atoms with Crippen molar-refractivity contribution < 1.29 is 9.18 Å². The van der Waals surface area contributed by atoms with Crippen LogP contribution in [0.15, 0.2) is 29.1 Å². The van der Waals surface area contributed by atoms with E-state index >= 15 is 0 Å². The highest BCUT2D eigenvalue weighted by Gasteiger charge is 2.07. The summed E-state index contributed by atoms with van der Waals surface area (Å²) in [5.41, 5.74) is 8.76. The molecule has 1 amide bonds. The fraction of sp³-hybridized carbons (Fsp3) is 0.286. The van der Waals surface area contributed by atoms with Gasteiger partial charge in [0.05, 0.1) is 16.9 Å². The molecule has 1 aromatic carbocycles. The summed E-state index contributed by atoms with van der Waals surface area (Å²) in [7, 11) is 1.93. The molecule has 5 nitrogen and oxygen atoms in total. The molecule has 112 valence electrons. The first kappa shape index (κ1) is 15.4. The molecule has 1 heterocycles. The third-order valence-electron chi connectivity index (χ3n) is 2.92. The lowest BCUT2D eigenvalue weighted by atomic mass is 10.2. The number of thiazole rings is 1. The van der Waals surface area contributed by atoms with Gasteiger partial charge in [0.1, 0.15) is 5.82 Å². The number of amides is 1. The van der Waals surface area contributed by atoms with E-state index in [4.69, 9.17) is 5.73 Å². The van der Waals surface area contributed by atoms with Gasteiger partial charge in [-0.15, -0.1) is 11.3 Å². The number of nitrogens with two attached hydrogens (primary N) is 1. The minimum Gasteiger partial charge on any atom is -0.396 e. The number of carbonyl (C=O) groups excluding carboxylic acids is 1. The molecule has 0 atom stereocenters. The number of nitrogens with one attached hydrogen (secondary N) is 1. The molecular weight excluding hydrogens is 291 g/mol. The number of anilines is 2. The SMILES string of the molecule is CN(CCC(=O)Nc1ccc(F)c(N)c1)Cc1cscn1. The molecule has 0 unspecified atom stereocenters. The van der Waals surface area contributed by atoms with E-state index in [0.717, 1.165) is 5.69 Å². The van der Waals surface area contributed by atoms with E-state index in [-0.39, 0.29) is 11.6 Å². The zero-order valence-electron chi connectivity index (χ0n) is 11.7. The summed E-state index contributed by atoms with van der Waals surface area (Å²) in [5, 5.41) is 4.68. The van der Waals surface area contributed by atoms with Crippen molar-refractivity contribution >= 4 is 28.6 Å². The van der Waals surface area contributed by atoms with Crippen molar-refractivity contribution in [1.82, 2.24) is 9.88 Å². The average Bonchev–Trinajstić information content (AvgIpc) is 2.93. The first-order valence-electron chi connectivity index (χ1n) is 6.45. The average molecular weight is 308 g/mol. The molecule has 0 aliphatic rings. The van der Waals surface area contributed by atoms with Gasteiger partial charge in [-0.25, -0.2) is 9.37 Å². The van der Waals surface area contributed by atoms with Gasteiger partial charge in [-0.05, 0) is 25.2 Å². The van der Waals surface area contributed by atoms with Gasteiger partial charge in [0, 0.05) is 30.6 Å². The van der Waals surface area contributed by atoms with Crippen LogP contribution in [0.2, 0.25) is 0 Å². The predicted molar refractivity (Wildman–Crippen MR) is 82.5 cm³/mol. The third kappa shape index (κ3) is 4.80. The quantitative estimate of drug-likeness (QED) is 0.804. The maximum atomic E-state index is 13.0. The Labute approximate surface area is 126 Å². The second kappa shape index (κ2) is 7.14. The van der Waals surface area contributed by atoms with Gasteiger partial charge in [0.25, 0.3) is 0 Å². The molecule has 0 aliphatic carbocycles. The van der Waals surface area contributed by atoms with Crippen molar-refractivity contribution in [2.45, 2.75) is 13.0 Å². The molecule has 0 radical (unpaired) electrons. The van der Waals surface area contributed by atoms with Crippen LogP contribution in [0.25, 0.3) is 0 Å². The fourth-order valence-corrected chi connectivity index (χ4v) is 2.36. The molecular formula is C14H17FN4OS. The number of carbonyl (C=O) groups is 1. The van der Waals surface area contributed by atoms with E-state index in [9.17, 15) is 9.18 Å². The van der Waals surface area contributed by atoms with Crippen LogP contribution in [0.5, 0.6) is 0 Å². The van der Waals surface area contributed by atoms with Crippen LogP contribution >= 0.6 is 11.3 Å². The van der Waals surface area contributed by atoms with Gasteiger partial charge in [0.15, 0.2) is 0 Å². The van der Waals surface area contributed by atoms with Gasteiger partial charge < -0.3 is 16.0 Å². The van der Waals surface area contributed by atoms with E-state index in [1.807, 2.05) is 17.3 Å². The number of nitrogen functional groups attached to an aromatic ring is 1. The Hall–Kier alpha value is -1.99. The summed E-state index contributed by atoms with van der Waals surface area (Å²) >= 11 is 1.55. The topological polar surface area (TPSA) is 71.2 Å². The highest BCUT2D eigenvalue weighted by Crippen LogP contribution is 2.16. The third-order valence-corrected chi connectivity index (χ3v) is 3.55. The molecule has 0 bridgehead atoms. The smallest absolute Gasteiger partial charge is 0.225 e. The molecule has 2 rings (SSSR count). The highest BCUT2D eigenvalue weighted by molar-refractivity contribution is 7.07. The largest absolute Gasteiger partial charge is 0.396 e. The number of rotatable bonds is 6. The van der Waals surface area contributed by atoms with Crippen molar-refractivity contribution in [2.24, 2.45) is 0 Å². The van der Waals surface area contributed by atoms with Crippen LogP contribution in [-0.4, -0.2) is 29.4 Å². The zero-order chi connectivity index (χ0) is 15.2. The number of nitrogens with zero attached hydrogens (tertiary/aromatic N) is 2. The van der Waals surface area contributed by atoms with E-state index in [2.05, 4.69) is 10.3 Å². The van der Waals surface area contributed by atoms with Crippen molar-refractivity contribution in [3.8, 4) is 0 Å². The minimum atomic E-state index is -0.490. The fourth-order valence-electron chi connectivity index (χ4n) is 1.81. The molecule has 0 saturated heterocycles. The van der Waals surface area contributed by atoms with Crippen LogP contribution in [0.1, 0.15) is 12.1 Å². The Morgan fingerprint density at radius 2 is 2.33 bits per heavy atom. The van der Waals surface area contributed by atoms with Crippen LogP contribution in [0, 0.1) is 5.82 Å². The first-order valence-corrected chi connectivity index (χ1v) is 7.39. The standard InChI is InChI=1S/C14H17FN4OS/c1-19(7-11-8-21-9-17-11)5-4-14(20)18-10-2-3-12(15)13(16)6-10/h2-3,6,8-9H,4-5,7,16H2,1H3,(H,18,20). The summed E-state index contributed by atoms with van der Waals surface area (Å²) in [6, 6.07) is 4.13. The molecule has 2 aromatic rings. The molecule has 0 aliphatic heterocycles. The predicted octanol–water partition coefficient (Wildman–Crippen LogP) is 2.33. The van der Waals surface area contributed by atoms with Gasteiger partial charge >= 0.3 is 0 Å². The van der Waals surface area contributed by atoms with Gasteiger partial charge in [-0.1, -0.05) is 0 Å². The Bertz CT molecular complexity index is 603.